The van der Waals surface area contributed by atoms with Gasteiger partial charge in [0.25, 0.3) is 0 Å². The van der Waals surface area contributed by atoms with Crippen LogP contribution < -0.4 is 4.74 Å². The van der Waals surface area contributed by atoms with Crippen LogP contribution in [-0.4, -0.2) is 81.9 Å². The number of aliphatic hydroxyl groups excluding tert-OH is 2. The second-order valence-corrected chi connectivity index (χ2v) is 11.6. The maximum Gasteiger partial charge on any atom is 0.190 e. The Hall–Kier alpha value is -1.68. The molecule has 0 radical (unpaired) electrons. The highest BCUT2D eigenvalue weighted by molar-refractivity contribution is 5.61. The molecule has 2 spiro atoms. The van der Waals surface area contributed by atoms with Crippen LogP contribution in [0, 0.1) is 5.92 Å². The minimum atomic E-state index is -0.720. The third-order valence-corrected chi connectivity index (χ3v) is 9.99. The molecule has 8 rings (SSSR count). The van der Waals surface area contributed by atoms with E-state index < -0.39 is 30.4 Å². The van der Waals surface area contributed by atoms with Gasteiger partial charge < -0.3 is 34.3 Å². The zero-order valence-corrected chi connectivity index (χ0v) is 19.7. The first-order chi connectivity index (χ1) is 17.0. The Morgan fingerprint density at radius 2 is 1.89 bits per heavy atom. The lowest BCUT2D eigenvalue weighted by molar-refractivity contribution is -0.247. The molecule has 3 N–H and O–H groups in total. The summed E-state index contributed by atoms with van der Waals surface area (Å²) < 4.78 is 25.1. The number of fused-ring (bicyclic) bond motifs is 1. The SMILES string of the molecule is Oc1ccc2c3c1O[C@H]1[C@@H](O)C=C[C@H]4[C@@H](C2)N(C[C@H]2O[C@@H]5OC6(CCCCC6)O[C@@H]5[C@H]2O)CC[C@@]341. The summed E-state index contributed by atoms with van der Waals surface area (Å²) >= 11 is 0. The van der Waals surface area contributed by atoms with E-state index in [2.05, 4.69) is 11.0 Å². The first-order valence-corrected chi connectivity index (χ1v) is 13.3. The monoisotopic (exact) mass is 483 g/mol. The van der Waals surface area contributed by atoms with Crippen LogP contribution in [-0.2, 0) is 26.0 Å². The molecule has 4 fully saturated rings. The quantitative estimate of drug-likeness (QED) is 0.547. The summed E-state index contributed by atoms with van der Waals surface area (Å²) in [5.41, 5.74) is 1.95. The first-order valence-electron chi connectivity index (χ1n) is 13.3. The number of likely N-dealkylation sites (tertiary alicyclic amines) is 1. The van der Waals surface area contributed by atoms with Gasteiger partial charge in [-0.15, -0.1) is 0 Å². The van der Waals surface area contributed by atoms with Crippen LogP contribution in [0.4, 0.5) is 0 Å². The molecule has 1 aromatic rings. The van der Waals surface area contributed by atoms with Crippen LogP contribution in [0.2, 0.25) is 0 Å². The number of phenols is 1. The Kier molecular flexibility index (Phi) is 4.41. The molecule has 188 valence electrons. The molecule has 3 saturated heterocycles. The first kappa shape index (κ1) is 21.4. The topological polar surface area (TPSA) is 101 Å². The minimum Gasteiger partial charge on any atom is -0.504 e. The largest absolute Gasteiger partial charge is 0.504 e. The number of aromatic hydroxyl groups is 1. The van der Waals surface area contributed by atoms with Crippen LogP contribution in [0.3, 0.4) is 0 Å². The van der Waals surface area contributed by atoms with Crippen LogP contribution in [0.1, 0.15) is 49.7 Å². The normalized spacial score (nSPS) is 46.5. The molecule has 3 aliphatic carbocycles. The molecular weight excluding hydrogens is 450 g/mol. The predicted molar refractivity (Wildman–Crippen MR) is 123 cm³/mol. The highest BCUT2D eigenvalue weighted by Crippen LogP contribution is 2.62. The molecule has 2 bridgehead atoms. The standard InChI is InChI=1S/C27H33NO7/c29-17-6-4-14-12-16-15-5-7-18(30)24-27(15,20(14)22(17)33-24)10-11-28(16)13-19-21(31)23-25(32-19)35-26(34-23)8-2-1-3-9-26/h4-7,15-16,18-19,21,23-25,29-31H,1-3,8-13H2/t15-,16+,18-,19+,21-,23+,24-,25+,27-/m0/s1. The van der Waals surface area contributed by atoms with Gasteiger partial charge in [-0.05, 0) is 43.9 Å². The number of phenolic OH excluding ortho intramolecular Hbond substituents is 1. The van der Waals surface area contributed by atoms with Gasteiger partial charge in [0, 0.05) is 42.3 Å². The number of piperidine rings is 1. The molecule has 35 heavy (non-hydrogen) atoms. The van der Waals surface area contributed by atoms with E-state index in [1.807, 2.05) is 12.1 Å². The van der Waals surface area contributed by atoms with Gasteiger partial charge in [-0.1, -0.05) is 24.6 Å². The van der Waals surface area contributed by atoms with Crippen molar-refractivity contribution in [3.63, 3.8) is 0 Å². The van der Waals surface area contributed by atoms with Gasteiger partial charge in [-0.2, -0.15) is 0 Å². The molecule has 0 amide bonds. The Morgan fingerprint density at radius 1 is 1.03 bits per heavy atom. The summed E-state index contributed by atoms with van der Waals surface area (Å²) in [6.07, 6.45) is 7.69. The lowest BCUT2D eigenvalue weighted by Gasteiger charge is -2.57. The molecular formula is C27H33NO7. The van der Waals surface area contributed by atoms with Gasteiger partial charge in [0.2, 0.25) is 0 Å². The van der Waals surface area contributed by atoms with E-state index >= 15 is 0 Å². The fourth-order valence-electron chi connectivity index (χ4n) is 8.48. The van der Waals surface area contributed by atoms with Crippen molar-refractivity contribution in [2.75, 3.05) is 13.1 Å². The van der Waals surface area contributed by atoms with Crippen LogP contribution in [0.5, 0.6) is 11.5 Å². The highest BCUT2D eigenvalue weighted by atomic mass is 16.8. The second kappa shape index (κ2) is 7.21. The van der Waals surface area contributed by atoms with Crippen molar-refractivity contribution in [2.24, 2.45) is 5.92 Å². The summed E-state index contributed by atoms with van der Waals surface area (Å²) in [6, 6.07) is 3.92. The van der Waals surface area contributed by atoms with Gasteiger partial charge in [0.15, 0.2) is 23.6 Å². The summed E-state index contributed by atoms with van der Waals surface area (Å²) in [5.74, 6) is 0.305. The Balaban J connectivity index is 1.07. The van der Waals surface area contributed by atoms with Crippen LogP contribution >= 0.6 is 0 Å². The van der Waals surface area contributed by atoms with Crippen molar-refractivity contribution in [1.82, 2.24) is 4.90 Å². The number of ether oxygens (including phenoxy) is 4. The summed E-state index contributed by atoms with van der Waals surface area (Å²) in [6.45, 7) is 1.41. The van der Waals surface area contributed by atoms with Crippen LogP contribution in [0.15, 0.2) is 24.3 Å². The van der Waals surface area contributed by atoms with E-state index in [0.717, 1.165) is 50.6 Å². The Morgan fingerprint density at radius 3 is 2.71 bits per heavy atom. The van der Waals surface area contributed by atoms with Gasteiger partial charge in [0.1, 0.15) is 30.5 Å². The molecule has 4 heterocycles. The molecule has 4 aliphatic heterocycles. The summed E-state index contributed by atoms with van der Waals surface area (Å²) in [4.78, 5) is 2.44. The number of hydrogen-bond donors (Lipinski definition) is 3. The van der Waals surface area contributed by atoms with Crippen LogP contribution in [0.25, 0.3) is 0 Å². The average Bonchev–Trinajstić information content (AvgIpc) is 3.47. The number of benzene rings is 1. The number of hydrogen-bond acceptors (Lipinski definition) is 8. The molecule has 1 aromatic carbocycles. The lowest BCUT2D eigenvalue weighted by Crippen LogP contribution is -2.66. The van der Waals surface area contributed by atoms with E-state index in [-0.39, 0.29) is 35.3 Å². The molecule has 1 saturated carbocycles. The third-order valence-electron chi connectivity index (χ3n) is 9.99. The number of rotatable bonds is 2. The molecule has 8 heteroatoms. The fraction of sp³-hybridized carbons (Fsp3) is 0.704. The van der Waals surface area contributed by atoms with Crippen molar-refractivity contribution in [3.05, 3.63) is 35.4 Å². The average molecular weight is 484 g/mol. The Bertz CT molecular complexity index is 1090. The van der Waals surface area contributed by atoms with Crippen molar-refractivity contribution >= 4 is 0 Å². The second-order valence-electron chi connectivity index (χ2n) is 11.6. The number of nitrogens with zero attached hydrogens (tertiary/aromatic N) is 1. The summed E-state index contributed by atoms with van der Waals surface area (Å²) in [5, 5.41) is 32.5. The van der Waals surface area contributed by atoms with Gasteiger partial charge in [0.05, 0.1) is 0 Å². The molecule has 0 unspecified atom stereocenters. The van der Waals surface area contributed by atoms with E-state index in [1.165, 1.54) is 12.0 Å². The zero-order chi connectivity index (χ0) is 23.5. The van der Waals surface area contributed by atoms with E-state index in [1.54, 1.807) is 6.07 Å². The fourth-order valence-corrected chi connectivity index (χ4v) is 8.48. The Labute approximate surface area is 204 Å². The van der Waals surface area contributed by atoms with Crippen molar-refractivity contribution in [1.29, 1.82) is 0 Å². The van der Waals surface area contributed by atoms with Gasteiger partial charge >= 0.3 is 0 Å². The smallest absolute Gasteiger partial charge is 0.190 e. The van der Waals surface area contributed by atoms with Gasteiger partial charge in [-0.3, -0.25) is 4.90 Å². The maximum absolute atomic E-state index is 11.2. The van der Waals surface area contributed by atoms with Gasteiger partial charge in [-0.25, -0.2) is 0 Å². The van der Waals surface area contributed by atoms with Crippen molar-refractivity contribution in [2.45, 2.75) is 99.0 Å². The van der Waals surface area contributed by atoms with E-state index in [9.17, 15) is 15.3 Å². The van der Waals surface area contributed by atoms with E-state index in [4.69, 9.17) is 18.9 Å². The number of aliphatic hydroxyl groups is 2. The van der Waals surface area contributed by atoms with Crippen molar-refractivity contribution < 1.29 is 34.3 Å². The molecule has 7 aliphatic rings. The lowest BCUT2D eigenvalue weighted by atomic mass is 9.53. The van der Waals surface area contributed by atoms with Crippen molar-refractivity contribution in [3.8, 4) is 11.5 Å². The maximum atomic E-state index is 11.2. The third kappa shape index (κ3) is 2.73. The highest BCUT2D eigenvalue weighted by Gasteiger charge is 2.65. The van der Waals surface area contributed by atoms with E-state index in [0.29, 0.717) is 12.3 Å². The molecule has 8 nitrogen and oxygen atoms in total. The molecule has 9 atom stereocenters. The minimum absolute atomic E-state index is 0.157. The molecule has 0 aromatic heterocycles. The summed E-state index contributed by atoms with van der Waals surface area (Å²) in [7, 11) is 0. The predicted octanol–water partition coefficient (Wildman–Crippen LogP) is 1.73. The zero-order valence-electron chi connectivity index (χ0n) is 19.7.